The van der Waals surface area contributed by atoms with E-state index < -0.39 is 0 Å². The highest BCUT2D eigenvalue weighted by Gasteiger charge is 2.21. The van der Waals surface area contributed by atoms with Crippen molar-refractivity contribution in [1.82, 2.24) is 20.0 Å². The zero-order valence-corrected chi connectivity index (χ0v) is 14.8. The standard InChI is InChI=1S/C19H23N5O/c1-3-15-12-18(16-6-4-5-7-17(16)21-15)24-10-8-23(9-11-24)13-19-20-14(2)22-25-19/h4-7,12H,3,8-11,13H2,1-2H3. The van der Waals surface area contributed by atoms with E-state index in [0.717, 1.165) is 50.4 Å². The number of rotatable bonds is 4. The van der Waals surface area contributed by atoms with Crippen LogP contribution in [0.4, 0.5) is 5.69 Å². The lowest BCUT2D eigenvalue weighted by molar-refractivity contribution is 0.215. The summed E-state index contributed by atoms with van der Waals surface area (Å²) in [6, 6.07) is 10.7. The summed E-state index contributed by atoms with van der Waals surface area (Å²) in [6.07, 6.45) is 0.953. The first-order valence-corrected chi connectivity index (χ1v) is 8.88. The summed E-state index contributed by atoms with van der Waals surface area (Å²) >= 11 is 0. The smallest absolute Gasteiger partial charge is 0.240 e. The van der Waals surface area contributed by atoms with E-state index in [1.54, 1.807) is 0 Å². The molecule has 0 saturated carbocycles. The largest absolute Gasteiger partial charge is 0.368 e. The zero-order valence-electron chi connectivity index (χ0n) is 14.8. The molecule has 1 aliphatic rings. The average molecular weight is 337 g/mol. The Bertz CT molecular complexity index is 867. The van der Waals surface area contributed by atoms with Crippen LogP contribution in [0.2, 0.25) is 0 Å². The van der Waals surface area contributed by atoms with Crippen molar-refractivity contribution >= 4 is 16.6 Å². The predicted molar refractivity (Wildman–Crippen MR) is 97.6 cm³/mol. The van der Waals surface area contributed by atoms with Crippen LogP contribution in [0.25, 0.3) is 10.9 Å². The SMILES string of the molecule is CCc1cc(N2CCN(Cc3nc(C)no3)CC2)c2ccccc2n1. The van der Waals surface area contributed by atoms with Gasteiger partial charge < -0.3 is 9.42 Å². The Hall–Kier alpha value is -2.47. The fourth-order valence-corrected chi connectivity index (χ4v) is 3.40. The van der Waals surface area contributed by atoms with Gasteiger partial charge in [0.1, 0.15) is 0 Å². The highest BCUT2D eigenvalue weighted by molar-refractivity contribution is 5.92. The molecule has 1 fully saturated rings. The van der Waals surface area contributed by atoms with Gasteiger partial charge >= 0.3 is 0 Å². The highest BCUT2D eigenvalue weighted by atomic mass is 16.5. The van der Waals surface area contributed by atoms with E-state index in [4.69, 9.17) is 9.51 Å². The van der Waals surface area contributed by atoms with Crippen molar-refractivity contribution in [2.24, 2.45) is 0 Å². The number of anilines is 1. The number of para-hydroxylation sites is 1. The maximum Gasteiger partial charge on any atom is 0.240 e. The van der Waals surface area contributed by atoms with Gasteiger partial charge in [-0.25, -0.2) is 0 Å². The summed E-state index contributed by atoms with van der Waals surface area (Å²) in [6.45, 7) is 8.69. The van der Waals surface area contributed by atoms with Crippen LogP contribution >= 0.6 is 0 Å². The summed E-state index contributed by atoms with van der Waals surface area (Å²) < 4.78 is 5.24. The molecule has 0 bridgehead atoms. The van der Waals surface area contributed by atoms with Gasteiger partial charge in [-0.3, -0.25) is 9.88 Å². The summed E-state index contributed by atoms with van der Waals surface area (Å²) in [7, 11) is 0. The minimum absolute atomic E-state index is 0.698. The summed E-state index contributed by atoms with van der Waals surface area (Å²) in [4.78, 5) is 13.9. The lowest BCUT2D eigenvalue weighted by Crippen LogP contribution is -2.46. The van der Waals surface area contributed by atoms with Crippen LogP contribution < -0.4 is 4.90 Å². The van der Waals surface area contributed by atoms with Crippen molar-refractivity contribution < 1.29 is 4.52 Å². The first kappa shape index (κ1) is 16.0. The quantitative estimate of drug-likeness (QED) is 0.730. The lowest BCUT2D eigenvalue weighted by Gasteiger charge is -2.36. The molecule has 0 amide bonds. The third-order valence-electron chi connectivity index (χ3n) is 4.75. The third kappa shape index (κ3) is 3.35. The van der Waals surface area contributed by atoms with Crippen LogP contribution in [0.15, 0.2) is 34.9 Å². The molecule has 1 saturated heterocycles. The summed E-state index contributed by atoms with van der Waals surface area (Å²) in [5, 5.41) is 5.10. The van der Waals surface area contributed by atoms with Crippen molar-refractivity contribution in [3.05, 3.63) is 47.7 Å². The van der Waals surface area contributed by atoms with Crippen LogP contribution in [-0.4, -0.2) is 46.2 Å². The van der Waals surface area contributed by atoms with Gasteiger partial charge in [-0.15, -0.1) is 0 Å². The zero-order chi connectivity index (χ0) is 17.2. The van der Waals surface area contributed by atoms with Crippen molar-refractivity contribution in [2.45, 2.75) is 26.8 Å². The number of benzene rings is 1. The van der Waals surface area contributed by atoms with Gasteiger partial charge in [0.2, 0.25) is 5.89 Å². The van der Waals surface area contributed by atoms with E-state index in [-0.39, 0.29) is 0 Å². The summed E-state index contributed by atoms with van der Waals surface area (Å²) in [5.74, 6) is 1.40. The molecule has 3 aromatic rings. The fourth-order valence-electron chi connectivity index (χ4n) is 3.40. The maximum atomic E-state index is 5.24. The molecule has 6 nitrogen and oxygen atoms in total. The number of piperazine rings is 1. The Morgan fingerprint density at radius 1 is 1.08 bits per heavy atom. The Balaban J connectivity index is 1.51. The number of aryl methyl sites for hydroxylation is 2. The number of fused-ring (bicyclic) bond motifs is 1. The number of nitrogens with zero attached hydrogens (tertiary/aromatic N) is 5. The Morgan fingerprint density at radius 3 is 2.60 bits per heavy atom. The van der Waals surface area contributed by atoms with Crippen LogP contribution in [0.1, 0.15) is 24.3 Å². The molecule has 0 atom stereocenters. The van der Waals surface area contributed by atoms with Gasteiger partial charge in [0.05, 0.1) is 12.1 Å². The van der Waals surface area contributed by atoms with Crippen molar-refractivity contribution in [1.29, 1.82) is 0 Å². The Labute approximate surface area is 147 Å². The number of hydrogen-bond donors (Lipinski definition) is 0. The normalized spacial score (nSPS) is 15.8. The molecule has 1 aromatic carbocycles. The predicted octanol–water partition coefficient (Wildman–Crippen LogP) is 2.81. The molecule has 0 unspecified atom stereocenters. The van der Waals surface area contributed by atoms with Gasteiger partial charge in [-0.05, 0) is 25.5 Å². The number of aromatic nitrogens is 3. The lowest BCUT2D eigenvalue weighted by atomic mass is 10.1. The molecule has 1 aliphatic heterocycles. The first-order chi connectivity index (χ1) is 12.2. The van der Waals surface area contributed by atoms with Gasteiger partial charge in [-0.1, -0.05) is 30.3 Å². The minimum atomic E-state index is 0.698. The Kier molecular flexibility index (Phi) is 4.36. The summed E-state index contributed by atoms with van der Waals surface area (Å²) in [5.41, 5.74) is 3.54. The molecule has 0 radical (unpaired) electrons. The second-order valence-corrected chi connectivity index (χ2v) is 6.50. The fraction of sp³-hybridized carbons (Fsp3) is 0.421. The maximum absolute atomic E-state index is 5.24. The molecule has 130 valence electrons. The molecule has 3 heterocycles. The van der Waals surface area contributed by atoms with Crippen LogP contribution in [0.5, 0.6) is 0 Å². The van der Waals surface area contributed by atoms with Crippen LogP contribution in [0.3, 0.4) is 0 Å². The van der Waals surface area contributed by atoms with E-state index in [1.165, 1.54) is 11.1 Å². The van der Waals surface area contributed by atoms with E-state index >= 15 is 0 Å². The number of hydrogen-bond acceptors (Lipinski definition) is 6. The van der Waals surface area contributed by atoms with Gasteiger partial charge in [0.15, 0.2) is 5.82 Å². The number of pyridine rings is 1. The van der Waals surface area contributed by atoms with Gasteiger partial charge in [0, 0.05) is 42.9 Å². The molecule has 2 aromatic heterocycles. The molecule has 25 heavy (non-hydrogen) atoms. The Morgan fingerprint density at radius 2 is 1.88 bits per heavy atom. The second kappa shape index (κ2) is 6.80. The van der Waals surface area contributed by atoms with E-state index in [2.05, 4.69) is 57.2 Å². The molecule has 0 aliphatic carbocycles. The van der Waals surface area contributed by atoms with Crippen LogP contribution in [-0.2, 0) is 13.0 Å². The average Bonchev–Trinajstić information content (AvgIpc) is 3.06. The van der Waals surface area contributed by atoms with E-state index in [1.807, 2.05) is 6.92 Å². The van der Waals surface area contributed by atoms with E-state index in [0.29, 0.717) is 11.7 Å². The van der Waals surface area contributed by atoms with Gasteiger partial charge in [-0.2, -0.15) is 4.98 Å². The molecular formula is C19H23N5O. The monoisotopic (exact) mass is 337 g/mol. The molecular weight excluding hydrogens is 314 g/mol. The highest BCUT2D eigenvalue weighted by Crippen LogP contribution is 2.28. The second-order valence-electron chi connectivity index (χ2n) is 6.50. The van der Waals surface area contributed by atoms with E-state index in [9.17, 15) is 0 Å². The molecule has 0 spiro atoms. The topological polar surface area (TPSA) is 58.3 Å². The van der Waals surface area contributed by atoms with Crippen molar-refractivity contribution in [3.63, 3.8) is 0 Å². The third-order valence-corrected chi connectivity index (χ3v) is 4.75. The first-order valence-electron chi connectivity index (χ1n) is 8.88. The van der Waals surface area contributed by atoms with Gasteiger partial charge in [0.25, 0.3) is 0 Å². The molecule has 6 heteroatoms. The van der Waals surface area contributed by atoms with Crippen molar-refractivity contribution in [2.75, 3.05) is 31.1 Å². The molecule has 4 rings (SSSR count). The molecule has 0 N–H and O–H groups in total. The van der Waals surface area contributed by atoms with Crippen LogP contribution in [0, 0.1) is 6.92 Å². The minimum Gasteiger partial charge on any atom is -0.368 e. The van der Waals surface area contributed by atoms with Crippen molar-refractivity contribution in [3.8, 4) is 0 Å².